The van der Waals surface area contributed by atoms with Gasteiger partial charge in [0.2, 0.25) is 0 Å². The molecule has 2 atom stereocenters. The topological polar surface area (TPSA) is 97.8 Å². The van der Waals surface area contributed by atoms with E-state index in [2.05, 4.69) is 10.3 Å². The molecule has 1 aromatic heterocycles. The van der Waals surface area contributed by atoms with Gasteiger partial charge in [-0.15, -0.1) is 0 Å². The van der Waals surface area contributed by atoms with Gasteiger partial charge in [0, 0.05) is 12.8 Å². The van der Waals surface area contributed by atoms with E-state index in [1.807, 2.05) is 0 Å². The summed E-state index contributed by atoms with van der Waals surface area (Å²) >= 11 is 0. The van der Waals surface area contributed by atoms with Crippen molar-refractivity contribution in [2.45, 2.75) is 18.6 Å². The summed E-state index contributed by atoms with van der Waals surface area (Å²) in [5.41, 5.74) is 0.279. The summed E-state index contributed by atoms with van der Waals surface area (Å²) in [4.78, 5) is 26.9. The third kappa shape index (κ3) is 4.34. The Balaban J connectivity index is 1.67. The Kier molecular flexibility index (Phi) is 5.43. The smallest absolute Gasteiger partial charge is 0.335 e. The first kappa shape index (κ1) is 17.8. The first-order chi connectivity index (χ1) is 12.5. The number of amides is 1. The van der Waals surface area contributed by atoms with Crippen LogP contribution in [0.25, 0.3) is 0 Å². The van der Waals surface area contributed by atoms with Crippen molar-refractivity contribution in [2.24, 2.45) is 0 Å². The van der Waals surface area contributed by atoms with Gasteiger partial charge in [0.05, 0.1) is 30.0 Å². The quantitative estimate of drug-likeness (QED) is 0.845. The van der Waals surface area contributed by atoms with Crippen LogP contribution in [-0.2, 0) is 4.74 Å². The second-order valence-corrected chi connectivity index (χ2v) is 5.82. The molecule has 0 bridgehead atoms. The van der Waals surface area contributed by atoms with Crippen molar-refractivity contribution in [1.82, 2.24) is 10.3 Å². The average molecular weight is 360 g/mol. The number of pyridine rings is 1. The lowest BCUT2D eigenvalue weighted by molar-refractivity contribution is -0.0135. The molecular weight excluding hydrogens is 343 g/mol. The van der Waals surface area contributed by atoms with Crippen LogP contribution in [0.15, 0.2) is 42.7 Å². The molecule has 2 heterocycles. The van der Waals surface area contributed by atoms with Gasteiger partial charge in [-0.05, 0) is 36.8 Å². The first-order valence-corrected chi connectivity index (χ1v) is 8.02. The van der Waals surface area contributed by atoms with Crippen LogP contribution in [0.5, 0.6) is 5.75 Å². The number of nitrogens with one attached hydrogen (secondary N) is 1. The summed E-state index contributed by atoms with van der Waals surface area (Å²) < 4.78 is 24.5. The van der Waals surface area contributed by atoms with E-state index in [1.54, 1.807) is 12.1 Å². The van der Waals surface area contributed by atoms with Gasteiger partial charge >= 0.3 is 5.97 Å². The van der Waals surface area contributed by atoms with Gasteiger partial charge in [0.1, 0.15) is 17.7 Å². The van der Waals surface area contributed by atoms with E-state index in [0.29, 0.717) is 18.8 Å². The van der Waals surface area contributed by atoms with E-state index < -0.39 is 23.8 Å². The van der Waals surface area contributed by atoms with Crippen molar-refractivity contribution >= 4 is 11.9 Å². The molecule has 0 radical (unpaired) electrons. The molecule has 7 nitrogen and oxygen atoms in total. The third-order valence-electron chi connectivity index (χ3n) is 3.98. The molecule has 0 saturated carbocycles. The molecule has 8 heteroatoms. The zero-order chi connectivity index (χ0) is 18.5. The van der Waals surface area contributed by atoms with Crippen molar-refractivity contribution in [1.29, 1.82) is 0 Å². The molecule has 1 amide bonds. The number of benzene rings is 1. The van der Waals surface area contributed by atoms with Crippen LogP contribution >= 0.6 is 0 Å². The van der Waals surface area contributed by atoms with Crippen LogP contribution in [-0.4, -0.2) is 47.3 Å². The van der Waals surface area contributed by atoms with Gasteiger partial charge in [-0.3, -0.25) is 9.78 Å². The van der Waals surface area contributed by atoms with Gasteiger partial charge in [-0.1, -0.05) is 0 Å². The van der Waals surface area contributed by atoms with Crippen molar-refractivity contribution in [3.8, 4) is 5.75 Å². The summed E-state index contributed by atoms with van der Waals surface area (Å²) in [6.07, 6.45) is 2.40. The minimum atomic E-state index is -1.02. The van der Waals surface area contributed by atoms with E-state index >= 15 is 0 Å². The van der Waals surface area contributed by atoms with Gasteiger partial charge in [-0.25, -0.2) is 9.18 Å². The monoisotopic (exact) mass is 360 g/mol. The molecule has 1 fully saturated rings. The lowest BCUT2D eigenvalue weighted by atomic mass is 10.1. The molecule has 3 rings (SSSR count). The van der Waals surface area contributed by atoms with Gasteiger partial charge in [0.25, 0.3) is 5.91 Å². The largest absolute Gasteiger partial charge is 0.486 e. The highest BCUT2D eigenvalue weighted by Crippen LogP contribution is 2.19. The van der Waals surface area contributed by atoms with Gasteiger partial charge in [0.15, 0.2) is 0 Å². The maximum Gasteiger partial charge on any atom is 0.335 e. The van der Waals surface area contributed by atoms with Crippen molar-refractivity contribution < 1.29 is 28.6 Å². The number of carboxylic acids is 1. The zero-order valence-electron chi connectivity index (χ0n) is 13.7. The number of carboxylic acid groups (broad SMARTS) is 1. The van der Waals surface area contributed by atoms with E-state index in [-0.39, 0.29) is 23.8 Å². The molecule has 1 aliphatic heterocycles. The molecule has 1 aliphatic rings. The van der Waals surface area contributed by atoms with E-state index in [0.717, 1.165) is 12.3 Å². The summed E-state index contributed by atoms with van der Waals surface area (Å²) in [7, 11) is 0. The van der Waals surface area contributed by atoms with Crippen LogP contribution in [0.3, 0.4) is 0 Å². The highest BCUT2D eigenvalue weighted by molar-refractivity contribution is 5.94. The normalized spacial score (nSPS) is 19.6. The molecule has 2 N–H and O–H groups in total. The number of rotatable bonds is 5. The Morgan fingerprint density at radius 1 is 1.23 bits per heavy atom. The van der Waals surface area contributed by atoms with Gasteiger partial charge in [-0.2, -0.15) is 0 Å². The second-order valence-electron chi connectivity index (χ2n) is 5.82. The van der Waals surface area contributed by atoms with E-state index in [4.69, 9.17) is 14.6 Å². The highest BCUT2D eigenvalue weighted by atomic mass is 19.1. The molecule has 0 spiro atoms. The fourth-order valence-corrected chi connectivity index (χ4v) is 2.63. The maximum atomic E-state index is 13.2. The molecule has 1 aromatic carbocycles. The Morgan fingerprint density at radius 3 is 2.69 bits per heavy atom. The number of carbonyl (C=O) groups is 2. The number of ether oxygens (including phenoxy) is 2. The van der Waals surface area contributed by atoms with E-state index in [1.165, 1.54) is 18.3 Å². The lowest BCUT2D eigenvalue weighted by Gasteiger charge is -2.32. The fourth-order valence-electron chi connectivity index (χ4n) is 2.63. The molecular formula is C18H17FN2O5. The lowest BCUT2D eigenvalue weighted by Crippen LogP contribution is -2.51. The molecule has 0 unspecified atom stereocenters. The number of aromatic nitrogens is 1. The number of hydrogen-bond acceptors (Lipinski definition) is 5. The maximum absolute atomic E-state index is 13.2. The molecule has 0 aliphatic carbocycles. The molecule has 2 aromatic rings. The summed E-state index contributed by atoms with van der Waals surface area (Å²) in [6, 6.07) is 6.75. The van der Waals surface area contributed by atoms with Crippen molar-refractivity contribution in [2.75, 3.05) is 13.2 Å². The van der Waals surface area contributed by atoms with E-state index in [9.17, 15) is 14.0 Å². The number of nitrogens with zero attached hydrogens (tertiary/aromatic N) is 1. The minimum Gasteiger partial charge on any atom is -0.486 e. The predicted molar refractivity (Wildman–Crippen MR) is 88.7 cm³/mol. The number of hydrogen-bond donors (Lipinski definition) is 2. The van der Waals surface area contributed by atoms with Crippen molar-refractivity contribution in [3.63, 3.8) is 0 Å². The Morgan fingerprint density at radius 2 is 2.00 bits per heavy atom. The second kappa shape index (κ2) is 7.92. The first-order valence-electron chi connectivity index (χ1n) is 8.02. The SMILES string of the molecule is O=C(O)c1ccc(O[C@@H]2COCC[C@H]2NC(=O)c2cncc(F)c2)cc1. The van der Waals surface area contributed by atoms with Crippen LogP contribution < -0.4 is 10.1 Å². The van der Waals surface area contributed by atoms with Gasteiger partial charge < -0.3 is 19.9 Å². The fraction of sp³-hybridized carbons (Fsp3) is 0.278. The molecule has 1 saturated heterocycles. The number of aromatic carboxylic acids is 1. The highest BCUT2D eigenvalue weighted by Gasteiger charge is 2.29. The average Bonchev–Trinajstić information content (AvgIpc) is 2.64. The zero-order valence-corrected chi connectivity index (χ0v) is 13.7. The Hall–Kier alpha value is -3.00. The molecule has 136 valence electrons. The summed E-state index contributed by atoms with van der Waals surface area (Å²) in [5.74, 6) is -1.58. The van der Waals surface area contributed by atoms with Crippen LogP contribution in [0.2, 0.25) is 0 Å². The molecule has 26 heavy (non-hydrogen) atoms. The summed E-state index contributed by atoms with van der Waals surface area (Å²) in [6.45, 7) is 0.733. The standard InChI is InChI=1S/C18H17FN2O5/c19-13-7-12(8-20-9-13)17(22)21-15-5-6-25-10-16(15)26-14-3-1-11(2-4-14)18(23)24/h1-4,7-9,15-16H,5-6,10H2,(H,21,22)(H,23,24)/t15-,16-/m1/s1. The Labute approximate surface area is 148 Å². The van der Waals surface area contributed by atoms with Crippen LogP contribution in [0, 0.1) is 5.82 Å². The van der Waals surface area contributed by atoms with Crippen LogP contribution in [0.1, 0.15) is 27.1 Å². The summed E-state index contributed by atoms with van der Waals surface area (Å²) in [5, 5.41) is 11.7. The van der Waals surface area contributed by atoms with Crippen LogP contribution in [0.4, 0.5) is 4.39 Å². The number of carbonyl (C=O) groups excluding carboxylic acids is 1. The number of halogens is 1. The minimum absolute atomic E-state index is 0.126. The Bertz CT molecular complexity index is 796. The predicted octanol–water partition coefficient (Wildman–Crippen LogP) is 1.89. The van der Waals surface area contributed by atoms with Crippen molar-refractivity contribution in [3.05, 3.63) is 59.7 Å². The third-order valence-corrected chi connectivity index (χ3v) is 3.98.